The molecule has 0 aliphatic heterocycles. The third kappa shape index (κ3) is 4.62. The summed E-state index contributed by atoms with van der Waals surface area (Å²) in [5.74, 6) is -0.553. The lowest BCUT2D eigenvalue weighted by molar-refractivity contribution is -0.274. The number of halogens is 3. The van der Waals surface area contributed by atoms with E-state index in [1.165, 1.54) is 19.1 Å². The Morgan fingerprint density at radius 1 is 1.45 bits per heavy atom. The quantitative estimate of drug-likeness (QED) is 0.907. The number of anilines is 1. The average molecular weight is 308 g/mol. The van der Waals surface area contributed by atoms with Crippen molar-refractivity contribution in [1.82, 2.24) is 0 Å². The Bertz CT molecular complexity index is 608. The van der Waals surface area contributed by atoms with Crippen molar-refractivity contribution < 1.29 is 26.3 Å². The lowest BCUT2D eigenvalue weighted by atomic mass is 10.3. The van der Waals surface area contributed by atoms with Crippen LogP contribution in [0.1, 0.15) is 13.3 Å². The molecule has 0 radical (unpaired) electrons. The van der Waals surface area contributed by atoms with Crippen LogP contribution in [0.2, 0.25) is 0 Å². The topological polar surface area (TPSA) is 79.2 Å². The fourth-order valence-electron chi connectivity index (χ4n) is 1.37. The van der Waals surface area contributed by atoms with Gasteiger partial charge in [0.25, 0.3) is 0 Å². The van der Waals surface area contributed by atoms with Crippen LogP contribution in [0.3, 0.4) is 0 Å². The maximum atomic E-state index is 12.0. The van der Waals surface area contributed by atoms with Crippen LogP contribution >= 0.6 is 0 Å². The summed E-state index contributed by atoms with van der Waals surface area (Å²) in [7, 11) is -3.98. The molecule has 0 aromatic heterocycles. The Morgan fingerprint density at radius 2 is 2.10 bits per heavy atom. The molecule has 20 heavy (non-hydrogen) atoms. The molecule has 110 valence electrons. The van der Waals surface area contributed by atoms with Gasteiger partial charge in [0.2, 0.25) is 10.0 Å². The number of ether oxygens (including phenoxy) is 1. The fraction of sp³-hybridized carbons (Fsp3) is 0.364. The first-order chi connectivity index (χ1) is 9.18. The van der Waals surface area contributed by atoms with E-state index in [2.05, 4.69) is 4.74 Å². The SMILES string of the molecule is CCC(C#N)S(=O)(=O)Nc1cccc(OC(F)(F)F)c1. The molecule has 9 heteroatoms. The summed E-state index contributed by atoms with van der Waals surface area (Å²) < 4.78 is 65.4. The third-order valence-electron chi connectivity index (χ3n) is 2.22. The van der Waals surface area contributed by atoms with Crippen molar-refractivity contribution in [3.05, 3.63) is 24.3 Å². The summed E-state index contributed by atoms with van der Waals surface area (Å²) in [5, 5.41) is 7.42. The summed E-state index contributed by atoms with van der Waals surface area (Å²) >= 11 is 0. The van der Waals surface area contributed by atoms with Gasteiger partial charge in [0.15, 0.2) is 5.25 Å². The van der Waals surface area contributed by atoms with Crippen molar-refractivity contribution in [2.45, 2.75) is 25.0 Å². The maximum Gasteiger partial charge on any atom is 0.573 e. The smallest absolute Gasteiger partial charge is 0.406 e. The summed E-state index contributed by atoms with van der Waals surface area (Å²) in [6.07, 6.45) is -4.80. The van der Waals surface area contributed by atoms with Crippen LogP contribution in [-0.2, 0) is 10.0 Å². The van der Waals surface area contributed by atoms with Crippen LogP contribution in [0.15, 0.2) is 24.3 Å². The Hall–Kier alpha value is -1.95. The molecule has 1 unspecified atom stereocenters. The number of sulfonamides is 1. The van der Waals surface area contributed by atoms with Gasteiger partial charge < -0.3 is 4.74 Å². The first-order valence-electron chi connectivity index (χ1n) is 5.45. The van der Waals surface area contributed by atoms with Crippen LogP contribution < -0.4 is 9.46 Å². The minimum Gasteiger partial charge on any atom is -0.406 e. The molecule has 0 saturated heterocycles. The van der Waals surface area contributed by atoms with Gasteiger partial charge in [-0.1, -0.05) is 13.0 Å². The summed E-state index contributed by atoms with van der Waals surface area (Å²) in [5.41, 5.74) is -0.111. The van der Waals surface area contributed by atoms with E-state index in [-0.39, 0.29) is 12.1 Å². The van der Waals surface area contributed by atoms with Crippen molar-refractivity contribution in [2.24, 2.45) is 0 Å². The molecule has 0 aliphatic rings. The van der Waals surface area contributed by atoms with E-state index in [1.807, 2.05) is 4.72 Å². The zero-order valence-electron chi connectivity index (χ0n) is 10.3. The summed E-state index contributed by atoms with van der Waals surface area (Å²) in [6, 6.07) is 5.98. The zero-order chi connectivity index (χ0) is 15.4. The van der Waals surface area contributed by atoms with Gasteiger partial charge in [-0.05, 0) is 18.6 Å². The van der Waals surface area contributed by atoms with Gasteiger partial charge >= 0.3 is 6.36 Å². The normalized spacial score (nSPS) is 13.3. The lowest BCUT2D eigenvalue weighted by Crippen LogP contribution is -2.26. The van der Waals surface area contributed by atoms with Crippen LogP contribution in [-0.4, -0.2) is 20.0 Å². The Kier molecular flexibility index (Phi) is 4.83. The first-order valence-corrected chi connectivity index (χ1v) is 6.99. The molecule has 1 atom stereocenters. The number of nitrogens with one attached hydrogen (secondary N) is 1. The highest BCUT2D eigenvalue weighted by Crippen LogP contribution is 2.25. The number of nitrogens with zero attached hydrogens (tertiary/aromatic N) is 1. The molecular weight excluding hydrogens is 297 g/mol. The Labute approximate surface area is 114 Å². The zero-order valence-corrected chi connectivity index (χ0v) is 11.1. The molecule has 0 amide bonds. The van der Waals surface area contributed by atoms with E-state index in [4.69, 9.17) is 5.26 Å². The van der Waals surface area contributed by atoms with Gasteiger partial charge in [-0.2, -0.15) is 5.26 Å². The van der Waals surface area contributed by atoms with Gasteiger partial charge in [-0.15, -0.1) is 13.2 Å². The number of benzene rings is 1. The standard InChI is InChI=1S/C11H11F3N2O3S/c1-2-10(7-15)20(17,18)16-8-4-3-5-9(6-8)19-11(12,13)14/h3-6,10,16H,2H2,1H3. The molecule has 0 saturated carbocycles. The number of hydrogen-bond donors (Lipinski definition) is 1. The first kappa shape index (κ1) is 16.1. The largest absolute Gasteiger partial charge is 0.573 e. The van der Waals surface area contributed by atoms with E-state index < -0.39 is 27.4 Å². The summed E-state index contributed by atoms with van der Waals surface area (Å²) in [6.45, 7) is 1.51. The van der Waals surface area contributed by atoms with E-state index in [0.717, 1.165) is 12.1 Å². The molecule has 5 nitrogen and oxygen atoms in total. The van der Waals surface area contributed by atoms with Crippen molar-refractivity contribution in [3.63, 3.8) is 0 Å². The minimum absolute atomic E-state index is 0.0601. The average Bonchev–Trinajstić information content (AvgIpc) is 2.27. The highest BCUT2D eigenvalue weighted by atomic mass is 32.2. The number of hydrogen-bond acceptors (Lipinski definition) is 4. The van der Waals surface area contributed by atoms with Crippen LogP contribution in [0.25, 0.3) is 0 Å². The molecule has 1 aromatic rings. The van der Waals surface area contributed by atoms with Crippen molar-refractivity contribution in [3.8, 4) is 11.8 Å². The fourth-order valence-corrected chi connectivity index (χ4v) is 2.55. The maximum absolute atomic E-state index is 12.0. The van der Waals surface area contributed by atoms with E-state index >= 15 is 0 Å². The van der Waals surface area contributed by atoms with Gasteiger partial charge in [0.1, 0.15) is 5.75 Å². The van der Waals surface area contributed by atoms with Gasteiger partial charge in [0, 0.05) is 6.07 Å². The highest BCUT2D eigenvalue weighted by Gasteiger charge is 2.31. The molecule has 1 N–H and O–H groups in total. The second kappa shape index (κ2) is 6.00. The second-order valence-corrected chi connectivity index (χ2v) is 5.61. The third-order valence-corrected chi connectivity index (χ3v) is 3.93. The molecule has 1 rings (SSSR count). The summed E-state index contributed by atoms with van der Waals surface area (Å²) in [4.78, 5) is 0. The van der Waals surface area contributed by atoms with Crippen molar-refractivity contribution in [1.29, 1.82) is 5.26 Å². The van der Waals surface area contributed by atoms with E-state index in [1.54, 1.807) is 6.07 Å². The predicted molar refractivity (Wildman–Crippen MR) is 65.4 cm³/mol. The Balaban J connectivity index is 2.95. The highest BCUT2D eigenvalue weighted by molar-refractivity contribution is 7.93. The molecular formula is C11H11F3N2O3S. The Morgan fingerprint density at radius 3 is 2.60 bits per heavy atom. The van der Waals surface area contributed by atoms with Gasteiger partial charge in [0.05, 0.1) is 11.8 Å². The lowest BCUT2D eigenvalue weighted by Gasteiger charge is -2.13. The number of alkyl halides is 3. The van der Waals surface area contributed by atoms with Crippen molar-refractivity contribution >= 4 is 15.7 Å². The second-order valence-electron chi connectivity index (χ2n) is 3.75. The molecule has 0 heterocycles. The van der Waals surface area contributed by atoms with Crippen LogP contribution in [0.5, 0.6) is 5.75 Å². The van der Waals surface area contributed by atoms with Crippen LogP contribution in [0, 0.1) is 11.3 Å². The molecule has 0 bridgehead atoms. The van der Waals surface area contributed by atoms with Gasteiger partial charge in [-0.3, -0.25) is 4.72 Å². The molecule has 1 aromatic carbocycles. The number of nitriles is 1. The molecule has 0 fully saturated rings. The minimum atomic E-state index is -4.86. The van der Waals surface area contributed by atoms with Crippen LogP contribution in [0.4, 0.5) is 18.9 Å². The van der Waals surface area contributed by atoms with Gasteiger partial charge in [-0.25, -0.2) is 8.42 Å². The molecule has 0 spiro atoms. The number of rotatable bonds is 5. The predicted octanol–water partition coefficient (Wildman–Crippen LogP) is 2.63. The monoisotopic (exact) mass is 308 g/mol. The van der Waals surface area contributed by atoms with E-state index in [0.29, 0.717) is 0 Å². The van der Waals surface area contributed by atoms with E-state index in [9.17, 15) is 21.6 Å². The molecule has 0 aliphatic carbocycles. The van der Waals surface area contributed by atoms with Crippen molar-refractivity contribution in [2.75, 3.05) is 4.72 Å².